The molecule has 1 aliphatic rings. The van der Waals surface area contributed by atoms with Crippen LogP contribution in [0.15, 0.2) is 83.6 Å². The number of fused-ring (bicyclic) bond motifs is 1. The van der Waals surface area contributed by atoms with E-state index in [1.165, 1.54) is 22.0 Å². The molecule has 0 unspecified atom stereocenters. The summed E-state index contributed by atoms with van der Waals surface area (Å²) < 4.78 is 5.70. The number of hydrogen-bond donors (Lipinski definition) is 0. The van der Waals surface area contributed by atoms with Crippen molar-refractivity contribution in [2.24, 2.45) is 4.74 Å². The van der Waals surface area contributed by atoms with Gasteiger partial charge in [0.2, 0.25) is 0 Å². The van der Waals surface area contributed by atoms with E-state index < -0.39 is 7.05 Å². The van der Waals surface area contributed by atoms with Crippen molar-refractivity contribution in [3.63, 3.8) is 0 Å². The molecule has 0 saturated heterocycles. The Morgan fingerprint density at radius 1 is 0.727 bits per heavy atom. The smallest absolute Gasteiger partial charge is 0.159 e. The summed E-state index contributed by atoms with van der Waals surface area (Å²) in [4.78, 5) is 12.3. The van der Waals surface area contributed by atoms with Gasteiger partial charge in [-0.25, -0.2) is 0 Å². The Kier molecular flexibility index (Phi) is 5.87. The fraction of sp³-hybridized carbons (Fsp3) is 0.300. The Morgan fingerprint density at radius 3 is 1.73 bits per heavy atom. The summed E-state index contributed by atoms with van der Waals surface area (Å²) >= 11 is 0. The molecule has 1 heterocycles. The molecule has 0 N–H and O–H groups in total. The number of ketones is 1. The minimum absolute atomic E-state index is 0.0621. The van der Waals surface area contributed by atoms with Crippen molar-refractivity contribution in [2.45, 2.75) is 58.8 Å². The van der Waals surface area contributed by atoms with Crippen LogP contribution in [0.1, 0.15) is 75.5 Å². The van der Waals surface area contributed by atoms with E-state index in [2.05, 4.69) is 108 Å². The van der Waals surface area contributed by atoms with Crippen molar-refractivity contribution < 1.29 is 4.79 Å². The van der Waals surface area contributed by atoms with Crippen LogP contribution < -0.4 is 0 Å². The van der Waals surface area contributed by atoms with E-state index in [0.717, 1.165) is 16.8 Å². The van der Waals surface area contributed by atoms with Gasteiger partial charge >= 0.3 is 0 Å². The minimum atomic E-state index is -2.16. The molecule has 3 aromatic carbocycles. The van der Waals surface area contributed by atoms with Gasteiger partial charge < -0.3 is 0 Å². The van der Waals surface area contributed by atoms with Gasteiger partial charge in [0.1, 0.15) is 0 Å². The molecule has 0 spiro atoms. The third kappa shape index (κ3) is 3.85. The topological polar surface area (TPSA) is 29.4 Å². The zero-order chi connectivity index (χ0) is 24.0. The van der Waals surface area contributed by atoms with Gasteiger partial charge in [-0.1, -0.05) is 102 Å². The first kappa shape index (κ1) is 23.5. The summed E-state index contributed by atoms with van der Waals surface area (Å²) in [6.07, 6.45) is 0. The number of hydrogen-bond acceptors (Lipinski definition) is 2. The van der Waals surface area contributed by atoms with Gasteiger partial charge in [0, 0.05) is 39.4 Å². The monoisotopic (exact) mass is 455 g/mol. The van der Waals surface area contributed by atoms with Gasteiger partial charge in [-0.3, -0.25) is 9.54 Å². The zero-order valence-electron chi connectivity index (χ0n) is 20.8. The van der Waals surface area contributed by atoms with E-state index >= 15 is 0 Å². The first-order valence-corrected chi connectivity index (χ1v) is 13.3. The van der Waals surface area contributed by atoms with E-state index in [-0.39, 0.29) is 16.1 Å². The number of rotatable bonds is 3. The summed E-state index contributed by atoms with van der Waals surface area (Å²) in [5.41, 5.74) is 6.38. The number of benzene rings is 3. The molecule has 33 heavy (non-hydrogen) atoms. The molecule has 4 rings (SSSR count). The second-order valence-corrected chi connectivity index (χ2v) is 15.4. The maximum absolute atomic E-state index is 12.3. The van der Waals surface area contributed by atoms with Crippen LogP contribution in [0.25, 0.3) is 10.9 Å². The lowest BCUT2D eigenvalue weighted by atomic mass is 9.92. The lowest BCUT2D eigenvalue weighted by Crippen LogP contribution is -2.30. The van der Waals surface area contributed by atoms with Crippen LogP contribution in [0, 0.1) is 0 Å². The highest BCUT2D eigenvalue weighted by atomic mass is 31.2. The van der Waals surface area contributed by atoms with Crippen molar-refractivity contribution in [1.82, 2.24) is 0 Å². The second-order valence-electron chi connectivity index (χ2n) is 10.8. The molecule has 0 radical (unpaired) electrons. The minimum Gasteiger partial charge on any atom is -0.295 e. The van der Waals surface area contributed by atoms with Crippen LogP contribution in [0.2, 0.25) is 0 Å². The fourth-order valence-electron chi connectivity index (χ4n) is 5.34. The highest BCUT2D eigenvalue weighted by Gasteiger charge is 2.49. The first-order chi connectivity index (χ1) is 15.5. The van der Waals surface area contributed by atoms with Crippen LogP contribution in [0.3, 0.4) is 0 Å². The Hall–Kier alpha value is -2.70. The van der Waals surface area contributed by atoms with Crippen molar-refractivity contribution >= 4 is 29.4 Å². The van der Waals surface area contributed by atoms with Crippen LogP contribution in [0.5, 0.6) is 0 Å². The van der Waals surface area contributed by atoms with Gasteiger partial charge in [0.25, 0.3) is 0 Å². The van der Waals surface area contributed by atoms with E-state index in [1.807, 2.05) is 12.1 Å². The van der Waals surface area contributed by atoms with E-state index in [1.54, 1.807) is 6.92 Å². The third-order valence-corrected chi connectivity index (χ3v) is 12.1. The number of nitrogens with zero attached hydrogens (tertiary/aromatic N) is 1. The van der Waals surface area contributed by atoms with E-state index in [4.69, 9.17) is 4.74 Å². The normalized spacial score (nSPS) is 15.6. The quantitative estimate of drug-likeness (QED) is 0.286. The lowest BCUT2D eigenvalue weighted by Gasteiger charge is -2.50. The van der Waals surface area contributed by atoms with Crippen molar-refractivity contribution in [2.75, 3.05) is 0 Å². The van der Waals surface area contributed by atoms with Gasteiger partial charge in [0.05, 0.1) is 5.69 Å². The first-order valence-electron chi connectivity index (χ1n) is 11.6. The average molecular weight is 456 g/mol. The molecule has 2 nitrogen and oxygen atoms in total. The fourth-order valence-corrected chi connectivity index (χ4v) is 11.0. The predicted molar refractivity (Wildman–Crippen MR) is 144 cm³/mol. The molecule has 170 valence electrons. The third-order valence-electron chi connectivity index (χ3n) is 6.54. The molecular weight excluding hydrogens is 421 g/mol. The zero-order valence-corrected chi connectivity index (χ0v) is 21.7. The molecule has 0 atom stereocenters. The largest absolute Gasteiger partial charge is 0.295 e. The van der Waals surface area contributed by atoms with Gasteiger partial charge in [-0.15, -0.1) is 0 Å². The highest BCUT2D eigenvalue weighted by molar-refractivity contribution is 7.79. The molecule has 0 saturated carbocycles. The van der Waals surface area contributed by atoms with Crippen molar-refractivity contribution in [3.05, 3.63) is 101 Å². The average Bonchev–Trinajstić information content (AvgIpc) is 2.77. The van der Waals surface area contributed by atoms with Gasteiger partial charge in [-0.2, -0.15) is 0 Å². The number of carbonyl (C=O) groups is 1. The Bertz CT molecular complexity index is 1270. The highest BCUT2D eigenvalue weighted by Crippen LogP contribution is 2.81. The molecular formula is C30H34NOP. The number of carbonyl (C=O) groups excluding carboxylic acids is 1. The molecule has 3 aromatic rings. The van der Waals surface area contributed by atoms with E-state index in [0.29, 0.717) is 0 Å². The van der Waals surface area contributed by atoms with Crippen LogP contribution in [-0.2, 0) is 0 Å². The maximum atomic E-state index is 12.3. The van der Waals surface area contributed by atoms with E-state index in [9.17, 15) is 4.79 Å². The molecule has 0 aliphatic carbocycles. The van der Waals surface area contributed by atoms with Gasteiger partial charge in [0.15, 0.2) is 5.78 Å². The summed E-state index contributed by atoms with van der Waals surface area (Å²) in [6.45, 7) is 15.7. The van der Waals surface area contributed by atoms with Crippen LogP contribution in [0.4, 0.5) is 5.69 Å². The van der Waals surface area contributed by atoms with Crippen LogP contribution >= 0.6 is 7.05 Å². The summed E-state index contributed by atoms with van der Waals surface area (Å²) in [5, 5.41) is 1.21. The summed E-state index contributed by atoms with van der Waals surface area (Å²) in [7, 11) is -2.16. The van der Waals surface area contributed by atoms with Crippen molar-refractivity contribution in [1.29, 1.82) is 0 Å². The molecule has 0 fully saturated rings. The Morgan fingerprint density at radius 2 is 1.24 bits per heavy atom. The number of Topliss-reactive ketones (excluding diaryl/α,β-unsaturated/α-hetero) is 1. The van der Waals surface area contributed by atoms with Crippen molar-refractivity contribution in [3.8, 4) is 0 Å². The maximum Gasteiger partial charge on any atom is 0.159 e. The Labute approximate surface area is 198 Å². The summed E-state index contributed by atoms with van der Waals surface area (Å²) in [5.74, 6) is 0.0738. The second kappa shape index (κ2) is 8.26. The predicted octanol–water partition coefficient (Wildman–Crippen LogP) is 9.25. The standard InChI is InChI=1S/C30H34NOP/c1-21(32)24-18-19-26-25(20-24)27(22-14-10-8-11-15-22)28(23-16-12-9-13-17-23)33(31-26,29(2,3)4)30(5,6)7/h8-20H,1-7H3. The van der Waals surface area contributed by atoms with Gasteiger partial charge in [-0.05, 0) is 36.2 Å². The Balaban J connectivity index is 2.31. The lowest BCUT2D eigenvalue weighted by molar-refractivity contribution is 0.101. The molecule has 0 bridgehead atoms. The summed E-state index contributed by atoms with van der Waals surface area (Å²) in [6, 6.07) is 27.4. The molecule has 3 heteroatoms. The molecule has 0 aromatic heterocycles. The molecule has 1 aliphatic heterocycles. The SMILES string of the molecule is CC(=O)c1ccc2c(c1)C(c1ccccc1)=C(c1ccccc1)P(C(C)(C)C)(C(C)(C)C)=N2. The molecule has 0 amide bonds. The van der Waals surface area contributed by atoms with Crippen LogP contribution in [-0.4, -0.2) is 16.1 Å².